The summed E-state index contributed by atoms with van der Waals surface area (Å²) in [6.07, 6.45) is 2.35. The first-order valence-electron chi connectivity index (χ1n) is 5.32. The number of unbranched alkanes of at least 4 members (excludes halogenated alkanes) is 1. The van der Waals surface area contributed by atoms with Gasteiger partial charge in [0.15, 0.2) is 0 Å². The standard InChI is InChI=1S/C12H14N2OS/c1-14-9-16(15)12-8-10(4-2-3-7-13)5-6-11(12)14/h5-6,8H,2-4,9H2,1H3. The number of nitrogens with zero attached hydrogens (tertiary/aromatic N) is 2. The Morgan fingerprint density at radius 2 is 2.38 bits per heavy atom. The zero-order valence-corrected chi connectivity index (χ0v) is 10.1. The molecule has 2 rings (SSSR count). The van der Waals surface area contributed by atoms with Crippen LogP contribution >= 0.6 is 0 Å². The summed E-state index contributed by atoms with van der Waals surface area (Å²) in [5.74, 6) is 0.594. The minimum Gasteiger partial charge on any atom is -0.361 e. The van der Waals surface area contributed by atoms with Crippen LogP contribution in [0.1, 0.15) is 18.4 Å². The van der Waals surface area contributed by atoms with Crippen LogP contribution in [0.2, 0.25) is 0 Å². The summed E-state index contributed by atoms with van der Waals surface area (Å²) >= 11 is 0. The van der Waals surface area contributed by atoms with Crippen molar-refractivity contribution in [2.24, 2.45) is 0 Å². The van der Waals surface area contributed by atoms with E-state index >= 15 is 0 Å². The quantitative estimate of drug-likeness (QED) is 0.752. The second-order valence-corrected chi connectivity index (χ2v) is 5.38. The molecule has 84 valence electrons. The van der Waals surface area contributed by atoms with Crippen LogP contribution < -0.4 is 4.90 Å². The lowest BCUT2D eigenvalue weighted by Gasteiger charge is -2.10. The van der Waals surface area contributed by atoms with Crippen molar-refractivity contribution in [3.8, 4) is 6.07 Å². The SMILES string of the molecule is CN1CS(=O)c2cc(CCCC#N)ccc21. The molecule has 1 aromatic rings. The average Bonchev–Trinajstić information content (AvgIpc) is 2.55. The first kappa shape index (κ1) is 11.2. The van der Waals surface area contributed by atoms with Gasteiger partial charge >= 0.3 is 0 Å². The zero-order valence-electron chi connectivity index (χ0n) is 9.27. The van der Waals surface area contributed by atoms with Crippen molar-refractivity contribution in [3.63, 3.8) is 0 Å². The predicted octanol–water partition coefficient (Wildman–Crippen LogP) is 2.05. The largest absolute Gasteiger partial charge is 0.361 e. The summed E-state index contributed by atoms with van der Waals surface area (Å²) in [5.41, 5.74) is 2.25. The van der Waals surface area contributed by atoms with Crippen LogP contribution in [-0.2, 0) is 17.2 Å². The third-order valence-electron chi connectivity index (χ3n) is 2.75. The lowest BCUT2D eigenvalue weighted by atomic mass is 10.1. The van der Waals surface area contributed by atoms with Gasteiger partial charge < -0.3 is 4.90 Å². The minimum absolute atomic E-state index is 0.583. The van der Waals surface area contributed by atoms with E-state index in [1.54, 1.807) is 0 Å². The summed E-state index contributed by atoms with van der Waals surface area (Å²) in [7, 11) is 1.07. The van der Waals surface area contributed by atoms with Gasteiger partial charge in [-0.25, -0.2) is 0 Å². The Hall–Kier alpha value is -1.34. The first-order chi connectivity index (χ1) is 7.72. The smallest absolute Gasteiger partial charge is 0.0982 e. The van der Waals surface area contributed by atoms with Crippen molar-refractivity contribution in [3.05, 3.63) is 23.8 Å². The Morgan fingerprint density at radius 1 is 1.56 bits per heavy atom. The topological polar surface area (TPSA) is 44.1 Å². The number of rotatable bonds is 3. The monoisotopic (exact) mass is 234 g/mol. The Labute approximate surface area is 98.1 Å². The zero-order chi connectivity index (χ0) is 11.5. The van der Waals surface area contributed by atoms with Crippen LogP contribution in [0.5, 0.6) is 0 Å². The van der Waals surface area contributed by atoms with Gasteiger partial charge in [0.2, 0.25) is 0 Å². The highest BCUT2D eigenvalue weighted by Gasteiger charge is 2.22. The molecule has 0 saturated heterocycles. The fraction of sp³-hybridized carbons (Fsp3) is 0.417. The van der Waals surface area contributed by atoms with Crippen molar-refractivity contribution in [2.45, 2.75) is 24.2 Å². The maximum atomic E-state index is 11.8. The highest BCUT2D eigenvalue weighted by atomic mass is 32.2. The number of hydrogen-bond donors (Lipinski definition) is 0. The molecular formula is C12H14N2OS. The van der Waals surface area contributed by atoms with E-state index in [0.717, 1.165) is 23.4 Å². The van der Waals surface area contributed by atoms with E-state index in [4.69, 9.17) is 5.26 Å². The van der Waals surface area contributed by atoms with Crippen LogP contribution in [-0.4, -0.2) is 17.1 Å². The van der Waals surface area contributed by atoms with Crippen LogP contribution in [0, 0.1) is 11.3 Å². The predicted molar refractivity (Wildman–Crippen MR) is 64.7 cm³/mol. The van der Waals surface area contributed by atoms with E-state index in [9.17, 15) is 4.21 Å². The molecule has 1 aliphatic heterocycles. The molecular weight excluding hydrogens is 220 g/mol. The van der Waals surface area contributed by atoms with Crippen LogP contribution in [0.25, 0.3) is 0 Å². The van der Waals surface area contributed by atoms with Crippen molar-refractivity contribution < 1.29 is 4.21 Å². The van der Waals surface area contributed by atoms with Gasteiger partial charge in [-0.15, -0.1) is 0 Å². The summed E-state index contributed by atoms with van der Waals surface area (Å²) in [6, 6.07) is 8.25. The van der Waals surface area contributed by atoms with Crippen LogP contribution in [0.4, 0.5) is 5.69 Å². The molecule has 1 atom stereocenters. The van der Waals surface area contributed by atoms with Crippen molar-refractivity contribution in [2.75, 3.05) is 17.8 Å². The molecule has 4 heteroatoms. The van der Waals surface area contributed by atoms with E-state index in [0.29, 0.717) is 12.3 Å². The van der Waals surface area contributed by atoms with E-state index in [1.165, 1.54) is 5.56 Å². The average molecular weight is 234 g/mol. The third kappa shape index (κ3) is 2.10. The van der Waals surface area contributed by atoms with Crippen molar-refractivity contribution in [1.82, 2.24) is 0 Å². The first-order valence-corrected chi connectivity index (χ1v) is 6.63. The van der Waals surface area contributed by atoms with Gasteiger partial charge in [-0.05, 0) is 30.5 Å². The third-order valence-corrected chi connectivity index (χ3v) is 4.19. The molecule has 0 radical (unpaired) electrons. The second kappa shape index (κ2) is 4.67. The van der Waals surface area contributed by atoms with Crippen LogP contribution in [0.3, 0.4) is 0 Å². The Balaban J connectivity index is 2.17. The number of anilines is 1. The van der Waals surface area contributed by atoms with Gasteiger partial charge in [0, 0.05) is 13.5 Å². The Kier molecular flexibility index (Phi) is 3.25. The molecule has 1 unspecified atom stereocenters. The lowest BCUT2D eigenvalue weighted by molar-refractivity contribution is 0.685. The molecule has 0 amide bonds. The fourth-order valence-corrected chi connectivity index (χ4v) is 3.27. The number of benzene rings is 1. The van der Waals surface area contributed by atoms with Gasteiger partial charge in [0.1, 0.15) is 0 Å². The van der Waals surface area contributed by atoms with E-state index in [2.05, 4.69) is 12.1 Å². The summed E-state index contributed by atoms with van der Waals surface area (Å²) < 4.78 is 11.8. The second-order valence-electron chi connectivity index (χ2n) is 3.99. The van der Waals surface area contributed by atoms with Crippen LogP contribution in [0.15, 0.2) is 23.1 Å². The van der Waals surface area contributed by atoms with Crippen molar-refractivity contribution in [1.29, 1.82) is 5.26 Å². The fourth-order valence-electron chi connectivity index (χ4n) is 1.90. The molecule has 0 aromatic heterocycles. The highest BCUT2D eigenvalue weighted by Crippen LogP contribution is 2.31. The normalized spacial score (nSPS) is 18.2. The van der Waals surface area contributed by atoms with Crippen molar-refractivity contribution >= 4 is 16.5 Å². The molecule has 1 aromatic carbocycles. The highest BCUT2D eigenvalue weighted by molar-refractivity contribution is 7.85. The van der Waals surface area contributed by atoms with Gasteiger partial charge in [0.05, 0.1) is 33.3 Å². The molecule has 1 aliphatic rings. The number of nitriles is 1. The Morgan fingerprint density at radius 3 is 3.12 bits per heavy atom. The Bertz CT molecular complexity index is 465. The molecule has 3 nitrogen and oxygen atoms in total. The summed E-state index contributed by atoms with van der Waals surface area (Å²) in [6.45, 7) is 0. The number of fused-ring (bicyclic) bond motifs is 1. The van der Waals surface area contributed by atoms with Gasteiger partial charge in [-0.2, -0.15) is 5.26 Å². The molecule has 0 aliphatic carbocycles. The molecule has 0 fully saturated rings. The summed E-state index contributed by atoms with van der Waals surface area (Å²) in [5, 5.41) is 8.47. The molecule has 0 bridgehead atoms. The maximum Gasteiger partial charge on any atom is 0.0982 e. The minimum atomic E-state index is -0.885. The van der Waals surface area contributed by atoms with Gasteiger partial charge in [-0.1, -0.05) is 6.07 Å². The van der Waals surface area contributed by atoms with E-state index < -0.39 is 10.8 Å². The van der Waals surface area contributed by atoms with Gasteiger partial charge in [-0.3, -0.25) is 4.21 Å². The summed E-state index contributed by atoms with van der Waals surface area (Å²) in [4.78, 5) is 2.96. The van der Waals surface area contributed by atoms with Gasteiger partial charge in [0.25, 0.3) is 0 Å². The van der Waals surface area contributed by atoms with E-state index in [-0.39, 0.29) is 0 Å². The van der Waals surface area contributed by atoms with E-state index in [1.807, 2.05) is 24.1 Å². The number of aryl methyl sites for hydroxylation is 1. The lowest BCUT2D eigenvalue weighted by Crippen LogP contribution is -2.13. The molecule has 16 heavy (non-hydrogen) atoms. The molecule has 0 saturated carbocycles. The number of hydrogen-bond acceptors (Lipinski definition) is 3. The molecule has 0 spiro atoms. The molecule has 0 N–H and O–H groups in total. The maximum absolute atomic E-state index is 11.8. The molecule has 1 heterocycles.